The van der Waals surface area contributed by atoms with E-state index in [9.17, 15) is 0 Å². The molecule has 0 saturated carbocycles. The third kappa shape index (κ3) is 27.0. The van der Waals surface area contributed by atoms with Gasteiger partial charge in [0.25, 0.3) is 0 Å². The first-order chi connectivity index (χ1) is 5.33. The van der Waals surface area contributed by atoms with Gasteiger partial charge in [-0.05, 0) is 12.8 Å². The van der Waals surface area contributed by atoms with Gasteiger partial charge in [0.05, 0.1) is 12.5 Å². The van der Waals surface area contributed by atoms with Gasteiger partial charge in [-0.2, -0.15) is 0 Å². The predicted octanol–water partition coefficient (Wildman–Crippen LogP) is 1.04. The molecular weight excluding hydrogens is 144 g/mol. The molecule has 3 heteroatoms. The van der Waals surface area contributed by atoms with E-state index in [0.717, 1.165) is 12.8 Å². The highest BCUT2D eigenvalue weighted by Crippen LogP contribution is 1.80. The largest absolute Gasteiger partial charge is 0.474 e. The van der Waals surface area contributed by atoms with Crippen molar-refractivity contribution in [2.75, 3.05) is 13.2 Å². The number of rotatable bonds is 5. The lowest BCUT2D eigenvalue weighted by Gasteiger charge is -1.85. The van der Waals surface area contributed by atoms with Crippen LogP contribution in [0.15, 0.2) is 25.7 Å². The molecule has 0 rings (SSSR count). The quantitative estimate of drug-likeness (QED) is 0.466. The fourth-order valence-electron chi connectivity index (χ4n) is 0.292. The Balaban J connectivity index is 0. The van der Waals surface area contributed by atoms with Gasteiger partial charge in [0.1, 0.15) is 0 Å². The summed E-state index contributed by atoms with van der Waals surface area (Å²) >= 11 is 0. The third-order valence-electron chi connectivity index (χ3n) is 0.759. The zero-order valence-corrected chi connectivity index (χ0v) is 6.70. The number of unbranched alkanes of at least 4 members (excludes halogenated alkanes) is 1. The van der Waals surface area contributed by atoms with Crippen molar-refractivity contribution in [1.29, 1.82) is 0 Å². The molecule has 0 aromatic heterocycles. The van der Waals surface area contributed by atoms with E-state index in [0.29, 0.717) is 0 Å². The highest BCUT2D eigenvalue weighted by Gasteiger charge is 1.77. The average molecular weight is 160 g/mol. The summed E-state index contributed by atoms with van der Waals surface area (Å²) in [5.41, 5.74) is 0. The maximum Gasteiger partial charge on any atom is 0.0829 e. The molecule has 0 amide bonds. The highest BCUT2D eigenvalue weighted by molar-refractivity contribution is 4.57. The zero-order chi connectivity index (χ0) is 8.95. The van der Waals surface area contributed by atoms with Crippen molar-refractivity contribution in [1.82, 2.24) is 0 Å². The van der Waals surface area contributed by atoms with Crippen LogP contribution in [-0.4, -0.2) is 23.4 Å². The Kier molecular flexibility index (Phi) is 18.8. The summed E-state index contributed by atoms with van der Waals surface area (Å²) in [6.07, 6.45) is 4.06. The van der Waals surface area contributed by atoms with Gasteiger partial charge in [-0.15, -0.1) is 0 Å². The van der Waals surface area contributed by atoms with Crippen LogP contribution in [0, 0.1) is 0 Å². The molecule has 0 aliphatic rings. The van der Waals surface area contributed by atoms with E-state index in [2.05, 4.69) is 17.9 Å². The first-order valence-corrected chi connectivity index (χ1v) is 3.42. The van der Waals surface area contributed by atoms with Gasteiger partial charge in [0.2, 0.25) is 0 Å². The summed E-state index contributed by atoms with van der Waals surface area (Å²) in [5.74, 6) is 0. The number of ether oxygens (including phenoxy) is 1. The molecule has 0 spiro atoms. The predicted molar refractivity (Wildman–Crippen MR) is 44.9 cm³/mol. The Morgan fingerprint density at radius 1 is 1.00 bits per heavy atom. The lowest BCUT2D eigenvalue weighted by atomic mass is 10.3. The van der Waals surface area contributed by atoms with Crippen molar-refractivity contribution >= 4 is 0 Å². The summed E-state index contributed by atoms with van der Waals surface area (Å²) < 4.78 is 4.36. The van der Waals surface area contributed by atoms with Gasteiger partial charge < -0.3 is 14.9 Å². The van der Waals surface area contributed by atoms with Crippen molar-refractivity contribution in [2.24, 2.45) is 0 Å². The van der Waals surface area contributed by atoms with Crippen LogP contribution in [0.2, 0.25) is 0 Å². The number of aliphatic hydroxyl groups excluding tert-OH is 2. The molecule has 0 heterocycles. The maximum absolute atomic E-state index is 8.09. The molecule has 66 valence electrons. The second-order valence-corrected chi connectivity index (χ2v) is 1.62. The van der Waals surface area contributed by atoms with Crippen LogP contribution in [0.5, 0.6) is 0 Å². The van der Waals surface area contributed by atoms with E-state index in [4.69, 9.17) is 10.2 Å². The Morgan fingerprint density at radius 3 is 1.45 bits per heavy atom. The molecule has 0 fully saturated rings. The Hall–Kier alpha value is -0.800. The SMILES string of the molecule is C=COC=C.OCCCCO. The summed E-state index contributed by atoms with van der Waals surface area (Å²) in [6, 6.07) is 0. The summed E-state index contributed by atoms with van der Waals surface area (Å²) in [5, 5.41) is 16.2. The molecule has 0 atom stereocenters. The fourth-order valence-corrected chi connectivity index (χ4v) is 0.292. The summed E-state index contributed by atoms with van der Waals surface area (Å²) in [6.45, 7) is 6.90. The van der Waals surface area contributed by atoms with Crippen LogP contribution in [-0.2, 0) is 4.74 Å². The van der Waals surface area contributed by atoms with Gasteiger partial charge >= 0.3 is 0 Å². The number of hydrogen-bond acceptors (Lipinski definition) is 3. The van der Waals surface area contributed by atoms with Crippen molar-refractivity contribution in [2.45, 2.75) is 12.8 Å². The summed E-state index contributed by atoms with van der Waals surface area (Å²) in [4.78, 5) is 0. The topological polar surface area (TPSA) is 49.7 Å². The van der Waals surface area contributed by atoms with Crippen LogP contribution in [0.3, 0.4) is 0 Å². The van der Waals surface area contributed by atoms with Crippen LogP contribution < -0.4 is 0 Å². The molecule has 0 radical (unpaired) electrons. The first kappa shape index (κ1) is 12.8. The lowest BCUT2D eigenvalue weighted by molar-refractivity contribution is 0.242. The minimum atomic E-state index is 0.195. The fraction of sp³-hybridized carbons (Fsp3) is 0.500. The molecule has 2 N–H and O–H groups in total. The third-order valence-corrected chi connectivity index (χ3v) is 0.759. The van der Waals surface area contributed by atoms with Crippen molar-refractivity contribution in [3.8, 4) is 0 Å². The lowest BCUT2D eigenvalue weighted by Crippen LogP contribution is -1.85. The minimum absolute atomic E-state index is 0.195. The van der Waals surface area contributed by atoms with E-state index < -0.39 is 0 Å². The van der Waals surface area contributed by atoms with Gasteiger partial charge in [0.15, 0.2) is 0 Å². The highest BCUT2D eigenvalue weighted by atomic mass is 16.5. The van der Waals surface area contributed by atoms with E-state index in [1.165, 1.54) is 12.5 Å². The molecular formula is C8H16O3. The number of aliphatic hydroxyl groups is 2. The van der Waals surface area contributed by atoms with E-state index in [1.807, 2.05) is 0 Å². The van der Waals surface area contributed by atoms with Crippen LogP contribution in [0.1, 0.15) is 12.8 Å². The monoisotopic (exact) mass is 160 g/mol. The molecule has 0 bridgehead atoms. The minimum Gasteiger partial charge on any atom is -0.474 e. The molecule has 0 aliphatic heterocycles. The number of hydrogen-bond donors (Lipinski definition) is 2. The summed E-state index contributed by atoms with van der Waals surface area (Å²) in [7, 11) is 0. The van der Waals surface area contributed by atoms with Crippen LogP contribution in [0.4, 0.5) is 0 Å². The molecule has 0 unspecified atom stereocenters. The second-order valence-electron chi connectivity index (χ2n) is 1.62. The van der Waals surface area contributed by atoms with E-state index in [-0.39, 0.29) is 13.2 Å². The smallest absolute Gasteiger partial charge is 0.0829 e. The van der Waals surface area contributed by atoms with E-state index in [1.54, 1.807) is 0 Å². The maximum atomic E-state index is 8.09. The Bertz CT molecular complexity index is 71.4. The Labute approximate surface area is 67.6 Å². The van der Waals surface area contributed by atoms with Gasteiger partial charge in [-0.3, -0.25) is 0 Å². The second kappa shape index (κ2) is 16.1. The molecule has 0 aromatic rings. The molecule has 0 saturated heterocycles. The van der Waals surface area contributed by atoms with Crippen molar-refractivity contribution in [3.05, 3.63) is 25.7 Å². The normalized spacial score (nSPS) is 7.45. The van der Waals surface area contributed by atoms with Crippen molar-refractivity contribution < 1.29 is 14.9 Å². The molecule has 3 nitrogen and oxygen atoms in total. The average Bonchev–Trinajstić information content (AvgIpc) is 2.04. The van der Waals surface area contributed by atoms with E-state index >= 15 is 0 Å². The standard InChI is InChI=1S/C4H10O2.C4H6O/c5-3-1-2-4-6;1-3-5-4-2/h5-6H,1-4H2;3-4H,1-2H2. The van der Waals surface area contributed by atoms with Gasteiger partial charge in [-0.25, -0.2) is 0 Å². The Morgan fingerprint density at radius 2 is 1.36 bits per heavy atom. The molecule has 0 aliphatic carbocycles. The molecule has 0 aromatic carbocycles. The van der Waals surface area contributed by atoms with Crippen molar-refractivity contribution in [3.63, 3.8) is 0 Å². The van der Waals surface area contributed by atoms with Crippen LogP contribution in [0.25, 0.3) is 0 Å². The van der Waals surface area contributed by atoms with Gasteiger partial charge in [0, 0.05) is 13.2 Å². The van der Waals surface area contributed by atoms with Crippen LogP contribution >= 0.6 is 0 Å². The first-order valence-electron chi connectivity index (χ1n) is 3.42. The van der Waals surface area contributed by atoms with Gasteiger partial charge in [-0.1, -0.05) is 13.2 Å². The molecule has 11 heavy (non-hydrogen) atoms. The zero-order valence-electron chi connectivity index (χ0n) is 6.70.